The highest BCUT2D eigenvalue weighted by Gasteiger charge is 2.16. The lowest BCUT2D eigenvalue weighted by Crippen LogP contribution is -2.28. The van der Waals surface area contributed by atoms with Crippen molar-refractivity contribution in [3.8, 4) is 0 Å². The predicted molar refractivity (Wildman–Crippen MR) is 62.4 cm³/mol. The van der Waals surface area contributed by atoms with E-state index in [0.29, 0.717) is 5.82 Å². The number of nitrogen functional groups attached to an aromatic ring is 1. The topological polar surface area (TPSA) is 99.0 Å². The molecule has 1 amide bonds. The van der Waals surface area contributed by atoms with Gasteiger partial charge in [-0.05, 0) is 26.8 Å². The van der Waals surface area contributed by atoms with Crippen LogP contribution in [0.15, 0.2) is 18.2 Å². The second kappa shape index (κ2) is 4.69. The van der Waals surface area contributed by atoms with E-state index < -0.39 is 5.91 Å². The van der Waals surface area contributed by atoms with Gasteiger partial charge in [0.25, 0.3) is 5.91 Å². The molecule has 0 aromatic carbocycles. The minimum absolute atomic E-state index is 0.160. The zero-order chi connectivity index (χ0) is 12.3. The number of hydrogen-bond acceptors (Lipinski definition) is 4. The maximum Gasteiger partial charge on any atom is 0.279 e. The van der Waals surface area contributed by atoms with Gasteiger partial charge in [0.05, 0.1) is 12.1 Å². The molecule has 0 saturated heterocycles. The molecule has 0 saturated carbocycles. The summed E-state index contributed by atoms with van der Waals surface area (Å²) in [5.74, 6) is 0.229. The van der Waals surface area contributed by atoms with Crippen molar-refractivity contribution in [1.82, 2.24) is 14.9 Å². The largest absolute Gasteiger partial charge is 0.385 e. The Balaban J connectivity index is 2.93. The average molecular weight is 223 g/mol. The zero-order valence-corrected chi connectivity index (χ0v) is 9.69. The van der Waals surface area contributed by atoms with Crippen molar-refractivity contribution >= 4 is 11.7 Å². The van der Waals surface area contributed by atoms with E-state index in [4.69, 9.17) is 11.5 Å². The summed E-state index contributed by atoms with van der Waals surface area (Å²) >= 11 is 0. The molecule has 0 fully saturated rings. The number of nitrogens with two attached hydrogens (primary N) is 2. The monoisotopic (exact) mass is 223 g/mol. The van der Waals surface area contributed by atoms with Crippen LogP contribution in [0.4, 0.5) is 5.82 Å². The molecule has 0 unspecified atom stereocenters. The number of aromatic nitrogens is 2. The molecule has 0 aliphatic rings. The first kappa shape index (κ1) is 12.1. The lowest BCUT2D eigenvalue weighted by Gasteiger charge is -2.09. The summed E-state index contributed by atoms with van der Waals surface area (Å²) in [5.41, 5.74) is 11.5. The molecule has 0 radical (unpaired) electrons. The molecular weight excluding hydrogens is 206 g/mol. The number of imidazole rings is 1. The molecule has 0 atom stereocenters. The lowest BCUT2D eigenvalue weighted by atomic mass is 10.3. The van der Waals surface area contributed by atoms with E-state index in [2.05, 4.69) is 10.3 Å². The number of amides is 1. The summed E-state index contributed by atoms with van der Waals surface area (Å²) in [7, 11) is 0. The summed E-state index contributed by atoms with van der Waals surface area (Å²) in [6.07, 6.45) is 3.13. The number of hydrogen-bond donors (Lipinski definition) is 3. The van der Waals surface area contributed by atoms with Gasteiger partial charge in [0, 0.05) is 6.04 Å². The average Bonchev–Trinajstić information content (AvgIpc) is 2.59. The van der Waals surface area contributed by atoms with Gasteiger partial charge in [0.1, 0.15) is 5.82 Å². The molecular formula is C10H17N5O. The Labute approximate surface area is 94.3 Å². The maximum atomic E-state index is 11.7. The van der Waals surface area contributed by atoms with Crippen LogP contribution in [0.25, 0.3) is 0 Å². The molecule has 0 aliphatic heterocycles. The number of carbonyl (C=O) groups excluding carboxylic acids is 1. The Hall–Kier alpha value is -1.98. The molecule has 1 heterocycles. The van der Waals surface area contributed by atoms with Gasteiger partial charge in [0.2, 0.25) is 0 Å². The van der Waals surface area contributed by atoms with Gasteiger partial charge in [-0.15, -0.1) is 0 Å². The Bertz CT molecular complexity index is 419. The third-order valence-corrected chi connectivity index (χ3v) is 2.17. The van der Waals surface area contributed by atoms with E-state index >= 15 is 0 Å². The number of nitrogens with one attached hydrogen (secondary N) is 1. The Morgan fingerprint density at radius 2 is 2.25 bits per heavy atom. The van der Waals surface area contributed by atoms with Crippen LogP contribution < -0.4 is 16.8 Å². The molecule has 16 heavy (non-hydrogen) atoms. The predicted octanol–water partition coefficient (Wildman–Crippen LogP) is 0.596. The van der Waals surface area contributed by atoms with Crippen LogP contribution in [0.5, 0.6) is 0 Å². The normalized spacial score (nSPS) is 11.9. The summed E-state index contributed by atoms with van der Waals surface area (Å²) in [5, 5.41) is 2.48. The molecule has 1 rings (SSSR count). The van der Waals surface area contributed by atoms with Gasteiger partial charge in [-0.25, -0.2) is 4.98 Å². The smallest absolute Gasteiger partial charge is 0.279 e. The van der Waals surface area contributed by atoms with Crippen LogP contribution >= 0.6 is 0 Å². The molecule has 0 spiro atoms. The Morgan fingerprint density at radius 3 is 2.69 bits per heavy atom. The highest BCUT2D eigenvalue weighted by Crippen LogP contribution is 2.15. The van der Waals surface area contributed by atoms with Crippen LogP contribution in [0.3, 0.4) is 0 Å². The summed E-state index contributed by atoms with van der Waals surface area (Å²) in [4.78, 5) is 15.7. The van der Waals surface area contributed by atoms with E-state index in [9.17, 15) is 4.79 Å². The Kier molecular flexibility index (Phi) is 3.55. The SMILES string of the molecule is C/C=C(/N)NC(=O)c1ncn(C(C)C)c1N. The molecule has 1 aromatic heterocycles. The maximum absolute atomic E-state index is 11.7. The second-order valence-corrected chi connectivity index (χ2v) is 3.68. The van der Waals surface area contributed by atoms with E-state index in [1.807, 2.05) is 13.8 Å². The third kappa shape index (κ3) is 2.33. The fourth-order valence-corrected chi connectivity index (χ4v) is 1.22. The zero-order valence-electron chi connectivity index (χ0n) is 9.69. The number of anilines is 1. The lowest BCUT2D eigenvalue weighted by molar-refractivity contribution is 0.0962. The molecule has 5 N–H and O–H groups in total. The highest BCUT2D eigenvalue weighted by molar-refractivity contribution is 5.97. The third-order valence-electron chi connectivity index (χ3n) is 2.17. The minimum Gasteiger partial charge on any atom is -0.385 e. The van der Waals surface area contributed by atoms with E-state index in [-0.39, 0.29) is 17.6 Å². The van der Waals surface area contributed by atoms with Crippen LogP contribution in [0.1, 0.15) is 37.3 Å². The molecule has 0 aliphatic carbocycles. The van der Waals surface area contributed by atoms with Gasteiger partial charge < -0.3 is 21.4 Å². The number of allylic oxidation sites excluding steroid dienone is 1. The fraction of sp³-hybridized carbons (Fsp3) is 0.400. The van der Waals surface area contributed by atoms with Crippen molar-refractivity contribution in [3.05, 3.63) is 23.9 Å². The molecule has 0 bridgehead atoms. The summed E-state index contributed by atoms with van der Waals surface area (Å²) < 4.78 is 1.72. The summed E-state index contributed by atoms with van der Waals surface area (Å²) in [6.45, 7) is 5.64. The van der Waals surface area contributed by atoms with Crippen LogP contribution in [-0.4, -0.2) is 15.5 Å². The van der Waals surface area contributed by atoms with E-state index in [1.165, 1.54) is 0 Å². The standard InChI is InChI=1S/C10H17N5O/c1-4-7(11)14-10(16)8-9(12)15(5-13-8)6(2)3/h4-6H,11-12H2,1-3H3,(H,14,16)/b7-4-. The van der Waals surface area contributed by atoms with Crippen LogP contribution in [0.2, 0.25) is 0 Å². The first-order chi connectivity index (χ1) is 7.47. The number of nitrogens with zero attached hydrogens (tertiary/aromatic N) is 2. The van der Waals surface area contributed by atoms with Gasteiger partial charge in [-0.1, -0.05) is 0 Å². The molecule has 6 nitrogen and oxygen atoms in total. The van der Waals surface area contributed by atoms with Crippen molar-refractivity contribution in [2.24, 2.45) is 5.73 Å². The minimum atomic E-state index is -0.396. The molecule has 6 heteroatoms. The van der Waals surface area contributed by atoms with Crippen molar-refractivity contribution in [2.45, 2.75) is 26.8 Å². The van der Waals surface area contributed by atoms with Crippen LogP contribution in [0, 0.1) is 0 Å². The van der Waals surface area contributed by atoms with E-state index in [1.54, 1.807) is 23.9 Å². The number of rotatable bonds is 3. The van der Waals surface area contributed by atoms with Crippen LogP contribution in [-0.2, 0) is 0 Å². The second-order valence-electron chi connectivity index (χ2n) is 3.68. The Morgan fingerprint density at radius 1 is 1.62 bits per heavy atom. The first-order valence-electron chi connectivity index (χ1n) is 5.02. The highest BCUT2D eigenvalue weighted by atomic mass is 16.2. The van der Waals surface area contributed by atoms with Crippen molar-refractivity contribution in [3.63, 3.8) is 0 Å². The van der Waals surface area contributed by atoms with E-state index in [0.717, 1.165) is 0 Å². The molecule has 1 aromatic rings. The number of carbonyl (C=O) groups is 1. The quantitative estimate of drug-likeness (QED) is 0.698. The van der Waals surface area contributed by atoms with Gasteiger partial charge in [-0.3, -0.25) is 4.79 Å². The first-order valence-corrected chi connectivity index (χ1v) is 5.02. The van der Waals surface area contributed by atoms with Crippen molar-refractivity contribution < 1.29 is 4.79 Å². The summed E-state index contributed by atoms with van der Waals surface area (Å²) in [6, 6.07) is 0.160. The van der Waals surface area contributed by atoms with Gasteiger partial charge in [-0.2, -0.15) is 0 Å². The fourth-order valence-electron chi connectivity index (χ4n) is 1.22. The van der Waals surface area contributed by atoms with Gasteiger partial charge in [0.15, 0.2) is 5.69 Å². The molecule has 88 valence electrons. The van der Waals surface area contributed by atoms with Crippen molar-refractivity contribution in [1.29, 1.82) is 0 Å². The van der Waals surface area contributed by atoms with Crippen molar-refractivity contribution in [2.75, 3.05) is 5.73 Å². The van der Waals surface area contributed by atoms with Gasteiger partial charge >= 0.3 is 0 Å².